The van der Waals surface area contributed by atoms with Crippen LogP contribution in [0.5, 0.6) is 0 Å². The molecule has 0 unspecified atom stereocenters. The quantitative estimate of drug-likeness (QED) is 0.234. The molecule has 19 heavy (non-hydrogen) atoms. The van der Waals surface area contributed by atoms with E-state index < -0.39 is 17.5 Å². The van der Waals surface area contributed by atoms with E-state index >= 15 is 0 Å². The van der Waals surface area contributed by atoms with E-state index in [1.807, 2.05) is 0 Å². The third-order valence-corrected chi connectivity index (χ3v) is 5.19. The van der Waals surface area contributed by atoms with Gasteiger partial charge < -0.3 is 9.47 Å². The van der Waals surface area contributed by atoms with Gasteiger partial charge in [-0.1, -0.05) is 0 Å². The van der Waals surface area contributed by atoms with Crippen molar-refractivity contribution in [3.63, 3.8) is 0 Å². The zero-order valence-corrected chi connectivity index (χ0v) is 14.2. The summed E-state index contributed by atoms with van der Waals surface area (Å²) in [6.45, 7) is 3.12. The molecule has 2 nitrogen and oxygen atoms in total. The highest BCUT2D eigenvalue weighted by molar-refractivity contribution is 7.99. The van der Waals surface area contributed by atoms with Crippen LogP contribution in [0, 0.1) is 0 Å². The maximum Gasteiger partial charge on any atom is 0.424 e. The molecule has 0 aliphatic rings. The second-order valence-electron chi connectivity index (χ2n) is 4.48. The fourth-order valence-corrected chi connectivity index (χ4v) is 2.73. The third-order valence-electron chi connectivity index (χ3n) is 2.11. The average Bonchev–Trinajstić information content (AvgIpc) is 2.22. The average molecular weight is 339 g/mol. The number of ether oxygens (including phenoxy) is 2. The minimum absolute atomic E-state index is 0.114. The van der Waals surface area contributed by atoms with Crippen molar-refractivity contribution in [3.05, 3.63) is 0 Å². The summed E-state index contributed by atoms with van der Waals surface area (Å²) in [5.41, 5.74) is 0. The molecule has 0 rings (SSSR count). The molecule has 0 saturated heterocycles. The molecular formula is C10H22F4O2SSi2. The van der Waals surface area contributed by atoms with Gasteiger partial charge in [0.1, 0.15) is 0 Å². The second kappa shape index (κ2) is 10.2. The van der Waals surface area contributed by atoms with Gasteiger partial charge >= 0.3 is 17.5 Å². The van der Waals surface area contributed by atoms with Crippen LogP contribution in [-0.2, 0) is 9.47 Å². The molecule has 0 fully saturated rings. The fraction of sp³-hybridized carbons (Fsp3) is 1.00. The molecule has 0 atom stereocenters. The summed E-state index contributed by atoms with van der Waals surface area (Å²) in [5.74, 6) is 1.41. The SMILES string of the molecule is C[Si](F)(F)CCOCCSCCOCC[Si](C)(F)F. The van der Waals surface area contributed by atoms with E-state index in [4.69, 9.17) is 9.47 Å². The normalized spacial score (nSPS) is 12.9. The molecule has 0 bridgehead atoms. The summed E-state index contributed by atoms with van der Waals surface area (Å²) in [6, 6.07) is -0.258. The van der Waals surface area contributed by atoms with Crippen LogP contribution in [0.1, 0.15) is 0 Å². The second-order valence-corrected chi connectivity index (χ2v) is 11.0. The smallest absolute Gasteiger partial charge is 0.381 e. The number of halogens is 4. The Morgan fingerprint density at radius 2 is 1.11 bits per heavy atom. The van der Waals surface area contributed by atoms with E-state index in [0.29, 0.717) is 24.7 Å². The van der Waals surface area contributed by atoms with Crippen LogP contribution in [0.25, 0.3) is 0 Å². The Kier molecular flexibility index (Phi) is 10.4. The molecule has 9 heteroatoms. The van der Waals surface area contributed by atoms with Gasteiger partial charge in [-0.05, 0) is 13.1 Å². The first-order chi connectivity index (χ1) is 8.71. The van der Waals surface area contributed by atoms with Crippen molar-refractivity contribution in [1.82, 2.24) is 0 Å². The lowest BCUT2D eigenvalue weighted by Crippen LogP contribution is -2.19. The first-order valence-electron chi connectivity index (χ1n) is 6.20. The highest BCUT2D eigenvalue weighted by atomic mass is 32.2. The van der Waals surface area contributed by atoms with E-state index in [0.717, 1.165) is 13.1 Å². The largest absolute Gasteiger partial charge is 0.424 e. The van der Waals surface area contributed by atoms with E-state index in [1.165, 1.54) is 0 Å². The lowest BCUT2D eigenvalue weighted by molar-refractivity contribution is 0.158. The van der Waals surface area contributed by atoms with E-state index in [1.54, 1.807) is 11.8 Å². The van der Waals surface area contributed by atoms with Crippen molar-refractivity contribution in [3.8, 4) is 0 Å². The standard InChI is InChI=1S/C10H22F4O2SSi2/c1-18(11,12)9-5-15-3-7-17-8-4-16-6-10-19(2,13)14/h3-10H2,1-2H3. The lowest BCUT2D eigenvalue weighted by atomic mass is 10.8. The third kappa shape index (κ3) is 18.4. The first kappa shape index (κ1) is 19.4. The summed E-state index contributed by atoms with van der Waals surface area (Å²) in [5, 5.41) is 0. The number of thioether (sulfide) groups is 1. The van der Waals surface area contributed by atoms with Crippen molar-refractivity contribution in [2.45, 2.75) is 25.2 Å². The maximum atomic E-state index is 12.5. The molecule has 0 aromatic heterocycles. The van der Waals surface area contributed by atoms with Crippen LogP contribution >= 0.6 is 11.8 Å². The zero-order valence-electron chi connectivity index (χ0n) is 11.4. The van der Waals surface area contributed by atoms with Crippen molar-refractivity contribution in [2.24, 2.45) is 0 Å². The molecule has 0 spiro atoms. The predicted molar refractivity (Wildman–Crippen MR) is 76.2 cm³/mol. The first-order valence-corrected chi connectivity index (χ1v) is 12.3. The van der Waals surface area contributed by atoms with Crippen LogP contribution in [0.15, 0.2) is 0 Å². The van der Waals surface area contributed by atoms with Crippen molar-refractivity contribution in [2.75, 3.05) is 37.9 Å². The molecule has 0 amide bonds. The number of hydrogen-bond donors (Lipinski definition) is 0. The summed E-state index contributed by atoms with van der Waals surface area (Å²) >= 11 is 1.57. The molecule has 0 aliphatic heterocycles. The van der Waals surface area contributed by atoms with E-state index in [2.05, 4.69) is 0 Å². The van der Waals surface area contributed by atoms with E-state index in [9.17, 15) is 16.4 Å². The van der Waals surface area contributed by atoms with Gasteiger partial charge in [0.25, 0.3) is 0 Å². The predicted octanol–water partition coefficient (Wildman–Crippen LogP) is 3.77. The molecule has 0 radical (unpaired) electrons. The van der Waals surface area contributed by atoms with Gasteiger partial charge in [-0.15, -0.1) is 0 Å². The molecule has 0 aromatic carbocycles. The lowest BCUT2D eigenvalue weighted by Gasteiger charge is -2.08. The van der Waals surface area contributed by atoms with Gasteiger partial charge in [-0.2, -0.15) is 11.8 Å². The summed E-state index contributed by atoms with van der Waals surface area (Å²) in [4.78, 5) is 0. The molecule has 0 aliphatic carbocycles. The van der Waals surface area contributed by atoms with Crippen LogP contribution < -0.4 is 0 Å². The van der Waals surface area contributed by atoms with E-state index in [-0.39, 0.29) is 25.3 Å². The van der Waals surface area contributed by atoms with Crippen molar-refractivity contribution in [1.29, 1.82) is 0 Å². The van der Waals surface area contributed by atoms with Gasteiger partial charge in [0, 0.05) is 36.8 Å². The van der Waals surface area contributed by atoms with Gasteiger partial charge in [0.05, 0.1) is 13.2 Å². The van der Waals surface area contributed by atoms with Crippen LogP contribution in [-0.4, -0.2) is 55.4 Å². The molecule has 0 heterocycles. The Morgan fingerprint density at radius 3 is 1.42 bits per heavy atom. The minimum Gasteiger partial charge on any atom is -0.381 e. The number of hydrogen-bond acceptors (Lipinski definition) is 3. The summed E-state index contributed by atoms with van der Waals surface area (Å²) < 4.78 is 60.3. The molecule has 0 aromatic rings. The minimum atomic E-state index is -3.97. The Balaban J connectivity index is 3.12. The van der Waals surface area contributed by atoms with Crippen molar-refractivity contribution < 1.29 is 25.9 Å². The van der Waals surface area contributed by atoms with Crippen molar-refractivity contribution >= 4 is 29.2 Å². The van der Waals surface area contributed by atoms with Crippen LogP contribution in [0.4, 0.5) is 16.4 Å². The number of rotatable bonds is 12. The summed E-state index contributed by atoms with van der Waals surface area (Å²) in [6.07, 6.45) is 0. The highest BCUT2D eigenvalue weighted by Gasteiger charge is 2.27. The van der Waals surface area contributed by atoms with Gasteiger partial charge in [0.15, 0.2) is 0 Å². The zero-order chi connectivity index (χ0) is 14.8. The highest BCUT2D eigenvalue weighted by Crippen LogP contribution is 2.13. The van der Waals surface area contributed by atoms with Crippen LogP contribution in [0.2, 0.25) is 25.2 Å². The van der Waals surface area contributed by atoms with Gasteiger partial charge in [0.2, 0.25) is 0 Å². The Bertz CT molecular complexity index is 203. The Labute approximate surface area is 118 Å². The molecule has 0 N–H and O–H groups in total. The van der Waals surface area contributed by atoms with Crippen LogP contribution in [0.3, 0.4) is 0 Å². The maximum absolute atomic E-state index is 12.5. The van der Waals surface area contributed by atoms with Gasteiger partial charge in [-0.3, -0.25) is 16.4 Å². The Morgan fingerprint density at radius 1 is 0.737 bits per heavy atom. The topological polar surface area (TPSA) is 18.5 Å². The molecular weight excluding hydrogens is 316 g/mol. The monoisotopic (exact) mass is 338 g/mol. The Hall–Kier alpha value is 0.424. The molecule has 0 saturated carbocycles. The van der Waals surface area contributed by atoms with Gasteiger partial charge in [-0.25, -0.2) is 0 Å². The fourth-order valence-electron chi connectivity index (χ4n) is 1.04. The molecule has 116 valence electrons. The summed E-state index contributed by atoms with van der Waals surface area (Å²) in [7, 11) is -7.95.